The molecule has 1 aliphatic rings. The average Bonchev–Trinajstić information content (AvgIpc) is 3.00. The molecule has 0 saturated heterocycles. The summed E-state index contributed by atoms with van der Waals surface area (Å²) in [4.78, 5) is 9.44. The Morgan fingerprint density at radius 1 is 0.812 bits per heavy atom. The highest BCUT2D eigenvalue weighted by Crippen LogP contribution is 2.49. The van der Waals surface area contributed by atoms with Crippen LogP contribution in [0.2, 0.25) is 0 Å². The van der Waals surface area contributed by atoms with Crippen LogP contribution in [0.4, 0.5) is 8.78 Å². The van der Waals surface area contributed by atoms with Gasteiger partial charge in [-0.2, -0.15) is 0 Å². The molecule has 0 radical (unpaired) electrons. The van der Waals surface area contributed by atoms with Gasteiger partial charge in [-0.1, -0.05) is 58.0 Å². The zero-order valence-electron chi connectivity index (χ0n) is 18.6. The third-order valence-electron chi connectivity index (χ3n) is 6.77. The molecule has 0 spiro atoms. The lowest BCUT2D eigenvalue weighted by Gasteiger charge is -2.28. The highest BCUT2D eigenvalue weighted by atomic mass is 19.1. The Balaban J connectivity index is 1.67. The third kappa shape index (κ3) is 3.05. The summed E-state index contributed by atoms with van der Waals surface area (Å²) in [6, 6.07) is 20.0. The predicted molar refractivity (Wildman–Crippen MR) is 124 cm³/mol. The van der Waals surface area contributed by atoms with Crippen molar-refractivity contribution < 1.29 is 8.78 Å². The highest BCUT2D eigenvalue weighted by molar-refractivity contribution is 5.80. The number of hydrogen-bond donors (Lipinski definition) is 0. The summed E-state index contributed by atoms with van der Waals surface area (Å²) in [7, 11) is 0. The van der Waals surface area contributed by atoms with Gasteiger partial charge in [0.2, 0.25) is 0 Å². The lowest BCUT2D eigenvalue weighted by atomic mass is 9.76. The monoisotopic (exact) mass is 426 g/mol. The van der Waals surface area contributed by atoms with Crippen molar-refractivity contribution in [1.29, 1.82) is 0 Å². The molecule has 2 nitrogen and oxygen atoms in total. The quantitative estimate of drug-likeness (QED) is 0.351. The van der Waals surface area contributed by atoms with Gasteiger partial charge in [0, 0.05) is 28.7 Å². The SMILES string of the molecule is CC(C)(c1ccc2c(c1)-c1nc(-c3ccccn3)ccc1C2(C)C)c1ccc(F)cc1F. The second-order valence-corrected chi connectivity index (χ2v) is 9.44. The van der Waals surface area contributed by atoms with Crippen LogP contribution in [0.25, 0.3) is 22.6 Å². The first-order valence-electron chi connectivity index (χ1n) is 10.7. The van der Waals surface area contributed by atoms with E-state index in [1.807, 2.05) is 38.1 Å². The van der Waals surface area contributed by atoms with Crippen LogP contribution in [0.5, 0.6) is 0 Å². The maximum atomic E-state index is 14.6. The lowest BCUT2D eigenvalue weighted by molar-refractivity contribution is 0.531. The fourth-order valence-corrected chi connectivity index (χ4v) is 4.80. The number of halogens is 2. The second-order valence-electron chi connectivity index (χ2n) is 9.44. The Bertz CT molecular complexity index is 1340. The Labute approximate surface area is 187 Å². The van der Waals surface area contributed by atoms with E-state index in [-0.39, 0.29) is 5.41 Å². The van der Waals surface area contributed by atoms with Crippen molar-refractivity contribution in [2.24, 2.45) is 0 Å². The number of pyridine rings is 2. The third-order valence-corrected chi connectivity index (χ3v) is 6.77. The smallest absolute Gasteiger partial charge is 0.130 e. The van der Waals surface area contributed by atoms with Gasteiger partial charge < -0.3 is 0 Å². The van der Waals surface area contributed by atoms with Crippen LogP contribution in [0.1, 0.15) is 49.9 Å². The van der Waals surface area contributed by atoms with Crippen molar-refractivity contribution in [2.75, 3.05) is 0 Å². The first kappa shape index (κ1) is 20.5. The molecule has 0 saturated carbocycles. The Morgan fingerprint density at radius 2 is 1.59 bits per heavy atom. The molecular weight excluding hydrogens is 402 g/mol. The maximum absolute atomic E-state index is 14.6. The van der Waals surface area contributed by atoms with Gasteiger partial charge in [0.15, 0.2) is 0 Å². The summed E-state index contributed by atoms with van der Waals surface area (Å²) in [6.07, 6.45) is 1.76. The van der Waals surface area contributed by atoms with Crippen molar-refractivity contribution in [2.45, 2.75) is 38.5 Å². The van der Waals surface area contributed by atoms with Gasteiger partial charge in [-0.3, -0.25) is 4.98 Å². The molecular formula is C28H24F2N2. The van der Waals surface area contributed by atoms with Gasteiger partial charge in [-0.15, -0.1) is 0 Å². The highest BCUT2D eigenvalue weighted by Gasteiger charge is 2.38. The fraction of sp³-hybridized carbons (Fsp3) is 0.214. The van der Waals surface area contributed by atoms with Gasteiger partial charge in [0.1, 0.15) is 11.6 Å². The minimum absolute atomic E-state index is 0.190. The molecule has 4 heteroatoms. The summed E-state index contributed by atoms with van der Waals surface area (Å²) >= 11 is 0. The summed E-state index contributed by atoms with van der Waals surface area (Å²) < 4.78 is 28.1. The molecule has 32 heavy (non-hydrogen) atoms. The van der Waals surface area contributed by atoms with E-state index < -0.39 is 17.0 Å². The number of benzene rings is 2. The summed E-state index contributed by atoms with van der Waals surface area (Å²) in [6.45, 7) is 8.32. The molecule has 5 rings (SSSR count). The predicted octanol–water partition coefficient (Wildman–Crippen LogP) is 7.05. The maximum Gasteiger partial charge on any atom is 0.130 e. The molecule has 0 aliphatic heterocycles. The summed E-state index contributed by atoms with van der Waals surface area (Å²) in [5.74, 6) is -1.11. The van der Waals surface area contributed by atoms with E-state index >= 15 is 0 Å². The van der Waals surface area contributed by atoms with Gasteiger partial charge in [-0.05, 0) is 52.6 Å². The number of aromatic nitrogens is 2. The van der Waals surface area contributed by atoms with Crippen LogP contribution >= 0.6 is 0 Å². The molecule has 0 N–H and O–H groups in total. The minimum Gasteiger partial charge on any atom is -0.255 e. The molecule has 0 fully saturated rings. The number of rotatable bonds is 3. The minimum atomic E-state index is -0.641. The van der Waals surface area contributed by atoms with Gasteiger partial charge in [0.05, 0.1) is 17.1 Å². The molecule has 0 bridgehead atoms. The van der Waals surface area contributed by atoms with Crippen LogP contribution in [0.3, 0.4) is 0 Å². The van der Waals surface area contributed by atoms with Crippen LogP contribution in [-0.2, 0) is 10.8 Å². The molecule has 2 aromatic carbocycles. The average molecular weight is 427 g/mol. The van der Waals surface area contributed by atoms with E-state index in [1.54, 1.807) is 6.20 Å². The van der Waals surface area contributed by atoms with Crippen molar-refractivity contribution in [3.63, 3.8) is 0 Å². The molecule has 2 heterocycles. The zero-order valence-corrected chi connectivity index (χ0v) is 18.6. The van der Waals surface area contributed by atoms with Crippen LogP contribution in [0, 0.1) is 11.6 Å². The second kappa shape index (κ2) is 7.06. The van der Waals surface area contributed by atoms with Crippen molar-refractivity contribution in [3.8, 4) is 22.6 Å². The van der Waals surface area contributed by atoms with E-state index in [4.69, 9.17) is 4.98 Å². The standard InChI is InChI=1S/C28H24F2N2/c1-27(2,21-11-9-18(29)16-23(21)30)17-8-10-20-19(15-17)26-22(28(20,3)4)12-13-25(32-26)24-7-5-6-14-31-24/h5-16H,1-4H3. The Kier molecular flexibility index (Phi) is 4.52. The first-order chi connectivity index (χ1) is 15.2. The molecule has 1 aliphatic carbocycles. The van der Waals surface area contributed by atoms with E-state index in [0.717, 1.165) is 39.8 Å². The van der Waals surface area contributed by atoms with Crippen LogP contribution in [-0.4, -0.2) is 9.97 Å². The lowest BCUT2D eigenvalue weighted by Crippen LogP contribution is -2.21. The fourth-order valence-electron chi connectivity index (χ4n) is 4.80. The van der Waals surface area contributed by atoms with Crippen molar-refractivity contribution >= 4 is 0 Å². The van der Waals surface area contributed by atoms with E-state index in [1.165, 1.54) is 17.7 Å². The zero-order chi connectivity index (χ0) is 22.7. The van der Waals surface area contributed by atoms with E-state index in [9.17, 15) is 8.78 Å². The normalized spacial score (nSPS) is 14.2. The number of hydrogen-bond acceptors (Lipinski definition) is 2. The molecule has 0 atom stereocenters. The van der Waals surface area contributed by atoms with Crippen molar-refractivity contribution in [1.82, 2.24) is 9.97 Å². The Hall–Kier alpha value is -3.40. The largest absolute Gasteiger partial charge is 0.255 e. The molecule has 0 amide bonds. The first-order valence-corrected chi connectivity index (χ1v) is 10.7. The van der Waals surface area contributed by atoms with Gasteiger partial charge in [0.25, 0.3) is 0 Å². The Morgan fingerprint density at radius 3 is 2.31 bits per heavy atom. The number of fused-ring (bicyclic) bond motifs is 3. The summed E-state index contributed by atoms with van der Waals surface area (Å²) in [5.41, 5.74) is 6.58. The van der Waals surface area contributed by atoms with E-state index in [0.29, 0.717) is 5.56 Å². The molecule has 4 aromatic rings. The van der Waals surface area contributed by atoms with E-state index in [2.05, 4.69) is 43.1 Å². The molecule has 2 aromatic heterocycles. The molecule has 0 unspecified atom stereocenters. The topological polar surface area (TPSA) is 25.8 Å². The number of nitrogens with zero attached hydrogens (tertiary/aromatic N) is 2. The van der Waals surface area contributed by atoms with Crippen LogP contribution in [0.15, 0.2) is 72.9 Å². The van der Waals surface area contributed by atoms with Gasteiger partial charge in [-0.25, -0.2) is 13.8 Å². The summed E-state index contributed by atoms with van der Waals surface area (Å²) in [5, 5.41) is 0. The van der Waals surface area contributed by atoms with Crippen molar-refractivity contribution in [3.05, 3.63) is 107 Å². The van der Waals surface area contributed by atoms with Crippen LogP contribution < -0.4 is 0 Å². The van der Waals surface area contributed by atoms with Gasteiger partial charge >= 0.3 is 0 Å². The molecule has 160 valence electrons.